The smallest absolute Gasteiger partial charge is 0.0791 e. The molecule has 4 heteroatoms. The zero-order valence-electron chi connectivity index (χ0n) is 14.3. The summed E-state index contributed by atoms with van der Waals surface area (Å²) in [6.07, 6.45) is 3.51. The van der Waals surface area contributed by atoms with Crippen LogP contribution >= 0.6 is 0 Å². The number of rotatable bonds is 7. The molecule has 2 aliphatic heterocycles. The van der Waals surface area contributed by atoms with Crippen molar-refractivity contribution in [2.75, 3.05) is 39.3 Å². The van der Waals surface area contributed by atoms with Gasteiger partial charge in [-0.1, -0.05) is 30.3 Å². The molecule has 2 N–H and O–H groups in total. The number of nitrogens with one attached hydrogen (secondary N) is 1. The van der Waals surface area contributed by atoms with Gasteiger partial charge in [-0.05, 0) is 44.8 Å². The second kappa shape index (κ2) is 8.25. The van der Waals surface area contributed by atoms with Gasteiger partial charge < -0.3 is 15.3 Å². The fourth-order valence-corrected chi connectivity index (χ4v) is 3.88. The first-order valence-corrected chi connectivity index (χ1v) is 9.15. The lowest BCUT2D eigenvalue weighted by molar-refractivity contribution is 0.120. The van der Waals surface area contributed by atoms with Crippen LogP contribution in [0.15, 0.2) is 30.3 Å². The number of aliphatic hydroxyl groups is 1. The molecule has 0 saturated carbocycles. The number of β-amino-alcohol motifs (C(OH)–C–C–N with tert-alkyl or cyclic N) is 1. The Bertz CT molecular complexity index is 461. The van der Waals surface area contributed by atoms with Gasteiger partial charge in [0.25, 0.3) is 0 Å². The minimum absolute atomic E-state index is 0.242. The lowest BCUT2D eigenvalue weighted by atomic mass is 10.1. The summed E-state index contributed by atoms with van der Waals surface area (Å²) in [6.45, 7) is 8.35. The Labute approximate surface area is 140 Å². The predicted molar refractivity (Wildman–Crippen MR) is 94.5 cm³/mol. The highest BCUT2D eigenvalue weighted by atomic mass is 16.3. The van der Waals surface area contributed by atoms with Crippen molar-refractivity contribution >= 4 is 0 Å². The summed E-state index contributed by atoms with van der Waals surface area (Å²) >= 11 is 0. The molecule has 2 heterocycles. The average Bonchev–Trinajstić information content (AvgIpc) is 3.25. The monoisotopic (exact) mass is 317 g/mol. The van der Waals surface area contributed by atoms with E-state index >= 15 is 0 Å². The molecule has 1 aromatic carbocycles. The van der Waals surface area contributed by atoms with E-state index in [9.17, 15) is 5.11 Å². The van der Waals surface area contributed by atoms with Crippen LogP contribution in [0.25, 0.3) is 0 Å². The molecule has 0 spiro atoms. The van der Waals surface area contributed by atoms with Crippen LogP contribution in [-0.4, -0.2) is 66.3 Å². The summed E-state index contributed by atoms with van der Waals surface area (Å²) in [5.41, 5.74) is 1.39. The molecule has 0 bridgehead atoms. The van der Waals surface area contributed by atoms with E-state index in [-0.39, 0.29) is 6.10 Å². The maximum absolute atomic E-state index is 10.2. The van der Waals surface area contributed by atoms with E-state index in [0.717, 1.165) is 32.7 Å². The summed E-state index contributed by atoms with van der Waals surface area (Å²) in [5, 5.41) is 13.8. The molecule has 128 valence electrons. The van der Waals surface area contributed by atoms with Crippen molar-refractivity contribution in [3.63, 3.8) is 0 Å². The molecule has 3 unspecified atom stereocenters. The van der Waals surface area contributed by atoms with Gasteiger partial charge in [-0.25, -0.2) is 0 Å². The highest BCUT2D eigenvalue weighted by Crippen LogP contribution is 2.24. The van der Waals surface area contributed by atoms with Crippen molar-refractivity contribution in [1.82, 2.24) is 15.1 Å². The van der Waals surface area contributed by atoms with Gasteiger partial charge >= 0.3 is 0 Å². The Morgan fingerprint density at radius 1 is 1.17 bits per heavy atom. The van der Waals surface area contributed by atoms with E-state index < -0.39 is 0 Å². The highest BCUT2D eigenvalue weighted by molar-refractivity contribution is 5.18. The summed E-state index contributed by atoms with van der Waals surface area (Å²) in [7, 11) is 0. The van der Waals surface area contributed by atoms with E-state index in [2.05, 4.69) is 52.4 Å². The Kier molecular flexibility index (Phi) is 6.06. The fraction of sp³-hybridized carbons (Fsp3) is 0.684. The number of hydrogen-bond donors (Lipinski definition) is 2. The number of nitrogens with zero attached hydrogens (tertiary/aromatic N) is 2. The van der Waals surface area contributed by atoms with Gasteiger partial charge in [-0.15, -0.1) is 0 Å². The minimum atomic E-state index is -0.242. The molecule has 3 atom stereocenters. The van der Waals surface area contributed by atoms with Crippen molar-refractivity contribution in [3.8, 4) is 0 Å². The first-order valence-electron chi connectivity index (χ1n) is 9.15. The van der Waals surface area contributed by atoms with Crippen LogP contribution in [0.3, 0.4) is 0 Å². The van der Waals surface area contributed by atoms with E-state index in [1.165, 1.54) is 24.8 Å². The molecule has 23 heavy (non-hydrogen) atoms. The molecule has 2 saturated heterocycles. The van der Waals surface area contributed by atoms with Crippen LogP contribution in [0, 0.1) is 0 Å². The largest absolute Gasteiger partial charge is 0.390 e. The Morgan fingerprint density at radius 3 is 2.65 bits per heavy atom. The predicted octanol–water partition coefficient (Wildman–Crippen LogP) is 1.87. The molecule has 2 aliphatic rings. The van der Waals surface area contributed by atoms with Gasteiger partial charge in [0.2, 0.25) is 0 Å². The molecule has 0 aromatic heterocycles. The number of likely N-dealkylation sites (tertiary alicyclic amines) is 2. The third kappa shape index (κ3) is 4.77. The van der Waals surface area contributed by atoms with Crippen LogP contribution in [0.5, 0.6) is 0 Å². The lowest BCUT2D eigenvalue weighted by Gasteiger charge is -2.25. The van der Waals surface area contributed by atoms with Gasteiger partial charge in [0.05, 0.1) is 6.10 Å². The number of benzene rings is 1. The summed E-state index contributed by atoms with van der Waals surface area (Å²) < 4.78 is 0. The average molecular weight is 317 g/mol. The molecule has 0 radical (unpaired) electrons. The molecular formula is C19H31N3O. The van der Waals surface area contributed by atoms with Crippen LogP contribution in [0.4, 0.5) is 0 Å². The maximum Gasteiger partial charge on any atom is 0.0791 e. The lowest BCUT2D eigenvalue weighted by Crippen LogP contribution is -2.42. The Hall–Kier alpha value is -0.940. The second-order valence-corrected chi connectivity index (χ2v) is 7.14. The summed E-state index contributed by atoms with van der Waals surface area (Å²) in [4.78, 5) is 4.92. The zero-order valence-corrected chi connectivity index (χ0v) is 14.3. The van der Waals surface area contributed by atoms with Gasteiger partial charge in [0.15, 0.2) is 0 Å². The molecule has 0 aliphatic carbocycles. The Morgan fingerprint density at radius 2 is 1.91 bits per heavy atom. The Balaban J connectivity index is 1.39. The fourth-order valence-electron chi connectivity index (χ4n) is 3.88. The van der Waals surface area contributed by atoms with Crippen LogP contribution in [0.2, 0.25) is 0 Å². The number of aliphatic hydroxyl groups excluding tert-OH is 1. The molecule has 4 nitrogen and oxygen atoms in total. The van der Waals surface area contributed by atoms with Crippen molar-refractivity contribution < 1.29 is 5.11 Å². The van der Waals surface area contributed by atoms with E-state index in [4.69, 9.17) is 0 Å². The van der Waals surface area contributed by atoms with Crippen LogP contribution in [0.1, 0.15) is 37.8 Å². The summed E-state index contributed by atoms with van der Waals surface area (Å²) in [5.74, 6) is 0. The van der Waals surface area contributed by atoms with Gasteiger partial charge in [0.1, 0.15) is 0 Å². The van der Waals surface area contributed by atoms with Crippen molar-refractivity contribution in [2.45, 2.75) is 44.4 Å². The molecule has 1 aromatic rings. The van der Waals surface area contributed by atoms with Crippen molar-refractivity contribution in [3.05, 3.63) is 35.9 Å². The first kappa shape index (κ1) is 16.9. The summed E-state index contributed by atoms with van der Waals surface area (Å²) in [6, 6.07) is 11.7. The minimum Gasteiger partial charge on any atom is -0.390 e. The van der Waals surface area contributed by atoms with Gasteiger partial charge in [-0.3, -0.25) is 4.90 Å². The topological polar surface area (TPSA) is 38.7 Å². The second-order valence-electron chi connectivity index (χ2n) is 7.14. The SMILES string of the molecule is CC(c1ccccc1)N1CCC(NCC(O)CN2CCCC2)C1. The number of hydrogen-bond acceptors (Lipinski definition) is 4. The van der Waals surface area contributed by atoms with E-state index in [1.807, 2.05) is 0 Å². The van der Waals surface area contributed by atoms with Crippen molar-refractivity contribution in [1.29, 1.82) is 0 Å². The van der Waals surface area contributed by atoms with Crippen LogP contribution in [-0.2, 0) is 0 Å². The van der Waals surface area contributed by atoms with E-state index in [1.54, 1.807) is 0 Å². The van der Waals surface area contributed by atoms with Crippen molar-refractivity contribution in [2.24, 2.45) is 0 Å². The standard InChI is InChI=1S/C19H31N3O/c1-16(17-7-3-2-4-8-17)22-12-9-18(14-22)20-13-19(23)15-21-10-5-6-11-21/h2-4,7-8,16,18-20,23H,5-6,9-15H2,1H3. The zero-order chi connectivity index (χ0) is 16.1. The quantitative estimate of drug-likeness (QED) is 0.805. The normalized spacial score (nSPS) is 25.7. The molecule has 0 amide bonds. The van der Waals surface area contributed by atoms with E-state index in [0.29, 0.717) is 18.6 Å². The molecular weight excluding hydrogens is 286 g/mol. The first-order chi connectivity index (χ1) is 11.2. The van der Waals surface area contributed by atoms with Crippen LogP contribution < -0.4 is 5.32 Å². The molecule has 3 rings (SSSR count). The molecule has 2 fully saturated rings. The van der Waals surface area contributed by atoms with Gasteiger partial charge in [0, 0.05) is 38.3 Å². The third-order valence-corrected chi connectivity index (χ3v) is 5.36. The van der Waals surface area contributed by atoms with Gasteiger partial charge in [-0.2, -0.15) is 0 Å². The highest BCUT2D eigenvalue weighted by Gasteiger charge is 2.27. The maximum atomic E-state index is 10.2. The third-order valence-electron chi connectivity index (χ3n) is 5.36.